The molecular weight excluding hydrogens is 226 g/mol. The zero-order valence-electron chi connectivity index (χ0n) is 12.1. The van der Waals surface area contributed by atoms with E-state index in [4.69, 9.17) is 9.47 Å². The number of rotatable bonds is 7. The second kappa shape index (κ2) is 7.39. The average Bonchev–Trinajstić information content (AvgIpc) is 2.33. The van der Waals surface area contributed by atoms with Crippen LogP contribution < -0.4 is 10.1 Å². The lowest BCUT2D eigenvalue weighted by Gasteiger charge is -2.18. The highest BCUT2D eigenvalue weighted by atomic mass is 16.5. The predicted octanol–water partition coefficient (Wildman–Crippen LogP) is 3.08. The summed E-state index contributed by atoms with van der Waals surface area (Å²) in [5, 5.41) is 3.44. The van der Waals surface area contributed by atoms with Crippen LogP contribution in [0.1, 0.15) is 37.9 Å². The summed E-state index contributed by atoms with van der Waals surface area (Å²) in [7, 11) is 1.72. The van der Waals surface area contributed by atoms with E-state index < -0.39 is 0 Å². The Labute approximate surface area is 110 Å². The summed E-state index contributed by atoms with van der Waals surface area (Å²) in [4.78, 5) is 0. The van der Waals surface area contributed by atoms with Gasteiger partial charge in [-0.25, -0.2) is 0 Å². The van der Waals surface area contributed by atoms with Crippen molar-refractivity contribution in [3.05, 3.63) is 29.3 Å². The van der Waals surface area contributed by atoms with Crippen LogP contribution in [0.5, 0.6) is 5.75 Å². The maximum Gasteiger partial charge on any atom is 0.123 e. The summed E-state index contributed by atoms with van der Waals surface area (Å²) in [6, 6.07) is 6.56. The third kappa shape index (κ3) is 4.67. The molecule has 0 aliphatic heterocycles. The Balaban J connectivity index is 2.53. The van der Waals surface area contributed by atoms with Gasteiger partial charge in [0.1, 0.15) is 5.75 Å². The van der Waals surface area contributed by atoms with E-state index >= 15 is 0 Å². The van der Waals surface area contributed by atoms with E-state index in [0.29, 0.717) is 0 Å². The normalized spacial score (nSPS) is 12.8. The van der Waals surface area contributed by atoms with Gasteiger partial charge in [-0.3, -0.25) is 0 Å². The number of ether oxygens (including phenoxy) is 2. The van der Waals surface area contributed by atoms with Gasteiger partial charge in [0.05, 0.1) is 19.8 Å². The Bertz CT molecular complexity index is 364. The zero-order chi connectivity index (χ0) is 13.5. The minimum absolute atomic E-state index is 0.260. The highest BCUT2D eigenvalue weighted by molar-refractivity contribution is 5.38. The molecule has 0 aromatic heterocycles. The summed E-state index contributed by atoms with van der Waals surface area (Å²) in [6.07, 6.45) is 0.288. The van der Waals surface area contributed by atoms with Crippen LogP contribution in [0.2, 0.25) is 0 Å². The maximum absolute atomic E-state index is 5.51. The average molecular weight is 251 g/mol. The molecule has 0 fully saturated rings. The SMILES string of the molecule is COc1cc(C)ccc1C(C)NCCOC(C)C. The van der Waals surface area contributed by atoms with E-state index in [2.05, 4.69) is 37.4 Å². The van der Waals surface area contributed by atoms with Gasteiger partial charge in [-0.15, -0.1) is 0 Å². The third-order valence-corrected chi connectivity index (χ3v) is 2.86. The van der Waals surface area contributed by atoms with Gasteiger partial charge in [-0.1, -0.05) is 12.1 Å². The fourth-order valence-electron chi connectivity index (χ4n) is 1.86. The van der Waals surface area contributed by atoms with Gasteiger partial charge in [-0.2, -0.15) is 0 Å². The van der Waals surface area contributed by atoms with Gasteiger partial charge in [0.15, 0.2) is 0 Å². The number of benzene rings is 1. The van der Waals surface area contributed by atoms with E-state index in [1.165, 1.54) is 11.1 Å². The van der Waals surface area contributed by atoms with Gasteiger partial charge in [-0.05, 0) is 39.3 Å². The fourth-order valence-corrected chi connectivity index (χ4v) is 1.86. The van der Waals surface area contributed by atoms with Gasteiger partial charge in [0.25, 0.3) is 0 Å². The molecule has 0 aliphatic rings. The molecule has 0 bridgehead atoms. The van der Waals surface area contributed by atoms with Crippen LogP contribution in [0.25, 0.3) is 0 Å². The smallest absolute Gasteiger partial charge is 0.123 e. The highest BCUT2D eigenvalue weighted by Crippen LogP contribution is 2.25. The summed E-state index contributed by atoms with van der Waals surface area (Å²) >= 11 is 0. The van der Waals surface area contributed by atoms with E-state index in [1.54, 1.807) is 7.11 Å². The Hall–Kier alpha value is -1.06. The van der Waals surface area contributed by atoms with Crippen molar-refractivity contribution in [2.45, 2.75) is 39.8 Å². The molecule has 0 spiro atoms. The first-order valence-electron chi connectivity index (χ1n) is 6.54. The summed E-state index contributed by atoms with van der Waals surface area (Å²) in [5.41, 5.74) is 2.40. The molecule has 18 heavy (non-hydrogen) atoms. The first kappa shape index (κ1) is 15.0. The molecule has 102 valence electrons. The van der Waals surface area contributed by atoms with Gasteiger partial charge in [0, 0.05) is 18.2 Å². The Morgan fingerprint density at radius 3 is 2.56 bits per heavy atom. The molecule has 0 radical (unpaired) electrons. The maximum atomic E-state index is 5.51. The molecule has 1 unspecified atom stereocenters. The standard InChI is InChI=1S/C15H25NO2/c1-11(2)18-9-8-16-13(4)14-7-6-12(3)10-15(14)17-5/h6-7,10-11,13,16H,8-9H2,1-5H3. The lowest BCUT2D eigenvalue weighted by molar-refractivity contribution is 0.0796. The second-order valence-corrected chi connectivity index (χ2v) is 4.84. The van der Waals surface area contributed by atoms with Crippen LogP contribution in [0.15, 0.2) is 18.2 Å². The zero-order valence-corrected chi connectivity index (χ0v) is 12.1. The first-order chi connectivity index (χ1) is 8.54. The fraction of sp³-hybridized carbons (Fsp3) is 0.600. The minimum atomic E-state index is 0.260. The molecule has 1 rings (SSSR count). The van der Waals surface area contributed by atoms with E-state index in [9.17, 15) is 0 Å². The molecular formula is C15H25NO2. The number of hydrogen-bond donors (Lipinski definition) is 1. The summed E-state index contributed by atoms with van der Waals surface area (Å²) < 4.78 is 10.9. The molecule has 3 nitrogen and oxygen atoms in total. The van der Waals surface area contributed by atoms with Gasteiger partial charge >= 0.3 is 0 Å². The first-order valence-corrected chi connectivity index (χ1v) is 6.54. The second-order valence-electron chi connectivity index (χ2n) is 4.84. The Morgan fingerprint density at radius 2 is 1.94 bits per heavy atom. The number of nitrogens with one attached hydrogen (secondary N) is 1. The molecule has 1 atom stereocenters. The van der Waals surface area contributed by atoms with Crippen molar-refractivity contribution in [3.8, 4) is 5.75 Å². The van der Waals surface area contributed by atoms with Crippen molar-refractivity contribution >= 4 is 0 Å². The Kier molecular flexibility index (Phi) is 6.16. The van der Waals surface area contributed by atoms with Crippen molar-refractivity contribution in [3.63, 3.8) is 0 Å². The van der Waals surface area contributed by atoms with Crippen molar-refractivity contribution < 1.29 is 9.47 Å². The molecule has 1 aromatic rings. The topological polar surface area (TPSA) is 30.5 Å². The van der Waals surface area contributed by atoms with E-state index in [-0.39, 0.29) is 12.1 Å². The van der Waals surface area contributed by atoms with Crippen LogP contribution in [-0.4, -0.2) is 26.4 Å². The number of aryl methyl sites for hydroxylation is 1. The highest BCUT2D eigenvalue weighted by Gasteiger charge is 2.10. The van der Waals surface area contributed by atoms with Crippen LogP contribution in [0.3, 0.4) is 0 Å². The molecule has 0 aliphatic carbocycles. The summed E-state index contributed by atoms with van der Waals surface area (Å²) in [5.74, 6) is 0.944. The molecule has 1 aromatic carbocycles. The number of hydrogen-bond acceptors (Lipinski definition) is 3. The van der Waals surface area contributed by atoms with Crippen LogP contribution in [0.4, 0.5) is 0 Å². The molecule has 0 saturated carbocycles. The summed E-state index contributed by atoms with van der Waals surface area (Å²) in [6.45, 7) is 9.88. The lowest BCUT2D eigenvalue weighted by atomic mass is 10.1. The molecule has 3 heteroatoms. The predicted molar refractivity (Wildman–Crippen MR) is 75.2 cm³/mol. The van der Waals surface area contributed by atoms with Crippen LogP contribution in [-0.2, 0) is 4.74 Å². The minimum Gasteiger partial charge on any atom is -0.496 e. The third-order valence-electron chi connectivity index (χ3n) is 2.86. The van der Waals surface area contributed by atoms with Crippen LogP contribution in [0, 0.1) is 6.92 Å². The molecule has 0 heterocycles. The monoisotopic (exact) mass is 251 g/mol. The van der Waals surface area contributed by atoms with Crippen molar-refractivity contribution in [2.75, 3.05) is 20.3 Å². The van der Waals surface area contributed by atoms with E-state index in [1.807, 2.05) is 13.8 Å². The quantitative estimate of drug-likeness (QED) is 0.755. The van der Waals surface area contributed by atoms with E-state index in [0.717, 1.165) is 18.9 Å². The Morgan fingerprint density at radius 1 is 1.22 bits per heavy atom. The van der Waals surface area contributed by atoms with Crippen molar-refractivity contribution in [1.82, 2.24) is 5.32 Å². The largest absolute Gasteiger partial charge is 0.496 e. The van der Waals surface area contributed by atoms with Crippen molar-refractivity contribution in [1.29, 1.82) is 0 Å². The molecule has 0 saturated heterocycles. The van der Waals surface area contributed by atoms with Crippen molar-refractivity contribution in [2.24, 2.45) is 0 Å². The number of methoxy groups -OCH3 is 1. The van der Waals surface area contributed by atoms with Gasteiger partial charge in [0.2, 0.25) is 0 Å². The molecule has 0 amide bonds. The molecule has 1 N–H and O–H groups in total. The van der Waals surface area contributed by atoms with Crippen LogP contribution >= 0.6 is 0 Å². The van der Waals surface area contributed by atoms with Gasteiger partial charge < -0.3 is 14.8 Å². The lowest BCUT2D eigenvalue weighted by Crippen LogP contribution is -2.24.